The van der Waals surface area contributed by atoms with Crippen molar-refractivity contribution in [3.63, 3.8) is 0 Å². The summed E-state index contributed by atoms with van der Waals surface area (Å²) in [4.78, 5) is 21.8. The molecule has 0 aromatic heterocycles. The van der Waals surface area contributed by atoms with Crippen LogP contribution < -0.4 is 5.32 Å². The number of aliphatic hydroxyl groups is 1. The molecule has 6 nitrogen and oxygen atoms in total. The van der Waals surface area contributed by atoms with Crippen LogP contribution in [0.5, 0.6) is 0 Å². The summed E-state index contributed by atoms with van der Waals surface area (Å²) in [6.07, 6.45) is 0. The van der Waals surface area contributed by atoms with E-state index in [9.17, 15) is 14.9 Å². The maximum Gasteiger partial charge on any atom is 0.283 e. The Balaban J connectivity index is 3.11. The Bertz CT molecular complexity index is 450. The molecule has 1 aromatic carbocycles. The van der Waals surface area contributed by atoms with Crippen LogP contribution in [0.2, 0.25) is 5.02 Å². The molecule has 0 saturated heterocycles. The van der Waals surface area contributed by atoms with E-state index in [-0.39, 0.29) is 22.9 Å². The van der Waals surface area contributed by atoms with Crippen molar-refractivity contribution in [2.24, 2.45) is 0 Å². The van der Waals surface area contributed by atoms with Gasteiger partial charge in [0.2, 0.25) is 0 Å². The molecule has 92 valence electrons. The summed E-state index contributed by atoms with van der Waals surface area (Å²) in [6, 6.07) is 3.49. The summed E-state index contributed by atoms with van der Waals surface area (Å²) in [5.41, 5.74) is -0.556. The number of nitrogens with one attached hydrogen (secondary N) is 1. The largest absolute Gasteiger partial charge is 0.394 e. The van der Waals surface area contributed by atoms with Gasteiger partial charge in [0, 0.05) is 12.1 Å². The van der Waals surface area contributed by atoms with Crippen molar-refractivity contribution >= 4 is 23.2 Å². The van der Waals surface area contributed by atoms with E-state index >= 15 is 0 Å². The number of hydrogen-bond acceptors (Lipinski definition) is 4. The number of nitrogens with zero attached hydrogens (tertiary/aromatic N) is 1. The first-order valence-electron chi connectivity index (χ1n) is 4.82. The van der Waals surface area contributed by atoms with E-state index in [1.165, 1.54) is 18.2 Å². The SMILES string of the molecule is CC(CO)NC(=O)c1c(Cl)cccc1[N+](=O)[O-]. The Labute approximate surface area is 102 Å². The van der Waals surface area contributed by atoms with Crippen molar-refractivity contribution < 1.29 is 14.8 Å². The first-order chi connectivity index (χ1) is 7.97. The Morgan fingerprint density at radius 2 is 2.29 bits per heavy atom. The standard InChI is InChI=1S/C10H11ClN2O4/c1-6(5-14)12-10(15)9-7(11)3-2-4-8(9)13(16)17/h2-4,6,14H,5H2,1H3,(H,12,15). The van der Waals surface area contributed by atoms with E-state index < -0.39 is 16.9 Å². The molecule has 0 aliphatic heterocycles. The molecule has 0 spiro atoms. The smallest absolute Gasteiger partial charge is 0.283 e. The van der Waals surface area contributed by atoms with Gasteiger partial charge in [0.15, 0.2) is 0 Å². The topological polar surface area (TPSA) is 92.5 Å². The average molecular weight is 259 g/mol. The molecular weight excluding hydrogens is 248 g/mol. The highest BCUT2D eigenvalue weighted by atomic mass is 35.5. The second kappa shape index (κ2) is 5.60. The highest BCUT2D eigenvalue weighted by molar-refractivity contribution is 6.34. The molecule has 0 fully saturated rings. The van der Waals surface area contributed by atoms with E-state index in [4.69, 9.17) is 16.7 Å². The van der Waals surface area contributed by atoms with E-state index in [0.717, 1.165) is 0 Å². The van der Waals surface area contributed by atoms with Crippen molar-refractivity contribution in [3.8, 4) is 0 Å². The van der Waals surface area contributed by atoms with Crippen LogP contribution in [-0.4, -0.2) is 28.6 Å². The fraction of sp³-hybridized carbons (Fsp3) is 0.300. The lowest BCUT2D eigenvalue weighted by molar-refractivity contribution is -0.385. The number of aliphatic hydroxyl groups excluding tert-OH is 1. The van der Waals surface area contributed by atoms with E-state index in [1.54, 1.807) is 6.92 Å². The predicted molar refractivity (Wildman–Crippen MR) is 62.1 cm³/mol. The van der Waals surface area contributed by atoms with Crippen LogP contribution >= 0.6 is 11.6 Å². The molecule has 1 aromatic rings. The zero-order chi connectivity index (χ0) is 13.0. The van der Waals surface area contributed by atoms with Gasteiger partial charge in [-0.1, -0.05) is 17.7 Å². The number of rotatable bonds is 4. The molecule has 1 amide bonds. The molecule has 17 heavy (non-hydrogen) atoms. The number of hydrogen-bond donors (Lipinski definition) is 2. The van der Waals surface area contributed by atoms with Crippen molar-refractivity contribution in [3.05, 3.63) is 38.9 Å². The molecule has 0 heterocycles. The van der Waals surface area contributed by atoms with Crippen LogP contribution in [0, 0.1) is 10.1 Å². The van der Waals surface area contributed by atoms with Crippen molar-refractivity contribution in [1.82, 2.24) is 5.32 Å². The highest BCUT2D eigenvalue weighted by Crippen LogP contribution is 2.25. The average Bonchev–Trinajstić information content (AvgIpc) is 2.28. The van der Waals surface area contributed by atoms with Crippen molar-refractivity contribution in [2.75, 3.05) is 6.61 Å². The second-order valence-corrected chi connectivity index (χ2v) is 3.86. The zero-order valence-corrected chi connectivity index (χ0v) is 9.77. The number of carbonyl (C=O) groups excluding carboxylic acids is 1. The molecule has 1 unspecified atom stereocenters. The number of carbonyl (C=O) groups is 1. The van der Waals surface area contributed by atoms with Crippen LogP contribution in [0.25, 0.3) is 0 Å². The summed E-state index contributed by atoms with van der Waals surface area (Å²) < 4.78 is 0. The Hall–Kier alpha value is -1.66. The van der Waals surface area contributed by atoms with Gasteiger partial charge in [0.05, 0.1) is 16.6 Å². The van der Waals surface area contributed by atoms with Gasteiger partial charge in [-0.2, -0.15) is 0 Å². The van der Waals surface area contributed by atoms with E-state index in [2.05, 4.69) is 5.32 Å². The zero-order valence-electron chi connectivity index (χ0n) is 9.01. The fourth-order valence-corrected chi connectivity index (χ4v) is 1.49. The van der Waals surface area contributed by atoms with Crippen molar-refractivity contribution in [1.29, 1.82) is 0 Å². The van der Waals surface area contributed by atoms with E-state index in [0.29, 0.717) is 0 Å². The Kier molecular flexibility index (Phi) is 4.42. The minimum atomic E-state index is -0.677. The van der Waals surface area contributed by atoms with Gasteiger partial charge in [-0.25, -0.2) is 0 Å². The summed E-state index contributed by atoms with van der Waals surface area (Å²) in [6.45, 7) is 1.31. The van der Waals surface area contributed by atoms with Gasteiger partial charge in [0.25, 0.3) is 11.6 Å². The molecule has 1 atom stereocenters. The normalized spacial score (nSPS) is 11.9. The second-order valence-electron chi connectivity index (χ2n) is 3.45. The molecule has 2 N–H and O–H groups in total. The molecule has 0 bridgehead atoms. The monoisotopic (exact) mass is 258 g/mol. The lowest BCUT2D eigenvalue weighted by Gasteiger charge is -2.11. The Morgan fingerprint density at radius 1 is 1.65 bits per heavy atom. The van der Waals surface area contributed by atoms with Crippen LogP contribution in [0.4, 0.5) is 5.69 Å². The van der Waals surface area contributed by atoms with Gasteiger partial charge < -0.3 is 10.4 Å². The van der Waals surface area contributed by atoms with Gasteiger partial charge in [-0.15, -0.1) is 0 Å². The van der Waals surface area contributed by atoms with Crippen molar-refractivity contribution in [2.45, 2.75) is 13.0 Å². The molecule has 7 heteroatoms. The first-order valence-corrected chi connectivity index (χ1v) is 5.19. The number of nitro groups is 1. The summed E-state index contributed by atoms with van der Waals surface area (Å²) >= 11 is 5.77. The van der Waals surface area contributed by atoms with E-state index in [1.807, 2.05) is 0 Å². The minimum absolute atomic E-state index is 0.00170. The molecule has 0 saturated carbocycles. The highest BCUT2D eigenvalue weighted by Gasteiger charge is 2.23. The fourth-order valence-electron chi connectivity index (χ4n) is 1.23. The number of nitro benzene ring substituents is 1. The van der Waals surface area contributed by atoms with Crippen LogP contribution in [-0.2, 0) is 0 Å². The van der Waals surface area contributed by atoms with Crippen LogP contribution in [0.3, 0.4) is 0 Å². The number of benzene rings is 1. The third-order valence-corrected chi connectivity index (χ3v) is 2.38. The molecule has 0 aliphatic rings. The predicted octanol–water partition coefficient (Wildman–Crippen LogP) is 1.36. The van der Waals surface area contributed by atoms with Gasteiger partial charge in [0.1, 0.15) is 5.56 Å². The first kappa shape index (κ1) is 13.4. The summed E-state index contributed by atoms with van der Waals surface area (Å²) in [5.74, 6) is -0.677. The molecule has 1 rings (SSSR count). The lowest BCUT2D eigenvalue weighted by Crippen LogP contribution is -2.35. The van der Waals surface area contributed by atoms with Gasteiger partial charge >= 0.3 is 0 Å². The molecule has 0 aliphatic carbocycles. The lowest BCUT2D eigenvalue weighted by atomic mass is 10.1. The van der Waals surface area contributed by atoms with Crippen LogP contribution in [0.1, 0.15) is 17.3 Å². The summed E-state index contributed by atoms with van der Waals surface area (Å²) in [5, 5.41) is 22.0. The molecular formula is C10H11ClN2O4. The maximum absolute atomic E-state index is 11.7. The Morgan fingerprint density at radius 3 is 2.82 bits per heavy atom. The quantitative estimate of drug-likeness (QED) is 0.630. The number of halogens is 1. The maximum atomic E-state index is 11.7. The third kappa shape index (κ3) is 3.15. The van der Waals surface area contributed by atoms with Gasteiger partial charge in [-0.05, 0) is 13.0 Å². The van der Waals surface area contributed by atoms with Crippen LogP contribution in [0.15, 0.2) is 18.2 Å². The third-order valence-electron chi connectivity index (χ3n) is 2.07. The molecule has 0 radical (unpaired) electrons. The van der Waals surface area contributed by atoms with Gasteiger partial charge in [-0.3, -0.25) is 14.9 Å². The summed E-state index contributed by atoms with van der Waals surface area (Å²) in [7, 11) is 0. The number of amides is 1. The minimum Gasteiger partial charge on any atom is -0.394 e.